The van der Waals surface area contributed by atoms with E-state index in [1.54, 1.807) is 7.11 Å². The highest BCUT2D eigenvalue weighted by molar-refractivity contribution is 9.09. The Labute approximate surface area is 128 Å². The van der Waals surface area contributed by atoms with Gasteiger partial charge in [0.1, 0.15) is 0 Å². The van der Waals surface area contributed by atoms with E-state index in [2.05, 4.69) is 15.9 Å². The van der Waals surface area contributed by atoms with Crippen LogP contribution in [0.25, 0.3) is 0 Å². The highest BCUT2D eigenvalue weighted by Gasteiger charge is 2.19. The van der Waals surface area contributed by atoms with Crippen LogP contribution in [0.15, 0.2) is 28.0 Å². The smallest absolute Gasteiger partial charge is 0.175 e. The van der Waals surface area contributed by atoms with E-state index in [1.165, 1.54) is 18.2 Å². The van der Waals surface area contributed by atoms with Gasteiger partial charge in [0.15, 0.2) is 19.7 Å². The quantitative estimate of drug-likeness (QED) is 0.693. The van der Waals surface area contributed by atoms with Crippen molar-refractivity contribution in [1.82, 2.24) is 0 Å². The maximum atomic E-state index is 11.8. The van der Waals surface area contributed by atoms with E-state index in [9.17, 15) is 16.8 Å². The van der Waals surface area contributed by atoms with Crippen molar-refractivity contribution >= 4 is 35.6 Å². The summed E-state index contributed by atoms with van der Waals surface area (Å²) in [5.41, 5.74) is 0.568. The lowest BCUT2D eigenvalue weighted by Crippen LogP contribution is -2.13. The molecule has 20 heavy (non-hydrogen) atoms. The zero-order valence-corrected chi connectivity index (χ0v) is 14.7. The van der Waals surface area contributed by atoms with Crippen molar-refractivity contribution in [3.63, 3.8) is 0 Å². The summed E-state index contributed by atoms with van der Waals surface area (Å²) in [5, 5.41) is 0. The van der Waals surface area contributed by atoms with E-state index in [-0.39, 0.29) is 14.6 Å². The van der Waals surface area contributed by atoms with E-state index >= 15 is 0 Å². The van der Waals surface area contributed by atoms with Crippen molar-refractivity contribution in [1.29, 1.82) is 0 Å². The molecular formula is C12H17BrO5S2. The fourth-order valence-corrected chi connectivity index (χ4v) is 4.06. The first kappa shape index (κ1) is 17.6. The Balaban J connectivity index is 3.33. The summed E-state index contributed by atoms with van der Waals surface area (Å²) in [6, 6.07) is 4.18. The second-order valence-electron chi connectivity index (χ2n) is 4.57. The van der Waals surface area contributed by atoms with Crippen molar-refractivity contribution in [3.05, 3.63) is 23.8 Å². The Kier molecular flexibility index (Phi) is 5.77. The van der Waals surface area contributed by atoms with Gasteiger partial charge in [-0.25, -0.2) is 16.8 Å². The topological polar surface area (TPSA) is 77.5 Å². The van der Waals surface area contributed by atoms with E-state index in [0.29, 0.717) is 18.6 Å². The molecule has 0 radical (unpaired) electrons. The minimum Gasteiger partial charge on any atom is -0.384 e. The molecule has 0 saturated carbocycles. The van der Waals surface area contributed by atoms with Gasteiger partial charge in [-0.05, 0) is 24.1 Å². The molecule has 1 rings (SSSR count). The van der Waals surface area contributed by atoms with Crippen LogP contribution in [0.1, 0.15) is 5.56 Å². The summed E-state index contributed by atoms with van der Waals surface area (Å²) in [5.74, 6) is 0. The highest BCUT2D eigenvalue weighted by Crippen LogP contribution is 2.23. The summed E-state index contributed by atoms with van der Waals surface area (Å²) < 4.78 is 51.7. The number of hydrogen-bond donors (Lipinski definition) is 0. The molecule has 0 heterocycles. The van der Waals surface area contributed by atoms with Crippen LogP contribution in [-0.2, 0) is 30.8 Å². The van der Waals surface area contributed by atoms with Gasteiger partial charge in [-0.3, -0.25) is 0 Å². The Morgan fingerprint density at radius 3 is 2.20 bits per heavy atom. The molecule has 8 heteroatoms. The molecule has 0 aliphatic carbocycles. The fourth-order valence-electron chi connectivity index (χ4n) is 1.76. The zero-order chi connectivity index (χ0) is 15.6. The highest BCUT2D eigenvalue weighted by atomic mass is 79.9. The molecule has 0 aliphatic rings. The van der Waals surface area contributed by atoms with E-state index in [4.69, 9.17) is 4.74 Å². The van der Waals surface area contributed by atoms with Crippen molar-refractivity contribution < 1.29 is 21.6 Å². The van der Waals surface area contributed by atoms with Crippen LogP contribution >= 0.6 is 15.9 Å². The Morgan fingerprint density at radius 1 is 1.15 bits per heavy atom. The van der Waals surface area contributed by atoms with Gasteiger partial charge in [-0.2, -0.15) is 0 Å². The summed E-state index contributed by atoms with van der Waals surface area (Å²) in [4.78, 5) is -0.00222. The van der Waals surface area contributed by atoms with Gasteiger partial charge in [-0.1, -0.05) is 22.0 Å². The van der Waals surface area contributed by atoms with Crippen LogP contribution in [0.3, 0.4) is 0 Å². The lowest BCUT2D eigenvalue weighted by molar-refractivity contribution is 0.200. The average Bonchev–Trinajstić information content (AvgIpc) is 2.26. The standard InChI is InChI=1S/C12H17BrO5S2/c1-18-8-10(13)6-9-4-5-11(19(2,14)15)7-12(9)20(3,16)17/h4-5,7,10H,6,8H2,1-3H3. The number of halogens is 1. The van der Waals surface area contributed by atoms with Crippen molar-refractivity contribution in [3.8, 4) is 0 Å². The molecule has 0 aromatic heterocycles. The minimum absolute atomic E-state index is 0.000427. The van der Waals surface area contributed by atoms with Gasteiger partial charge in [0, 0.05) is 24.4 Å². The predicted octanol–water partition coefficient (Wildman–Crippen LogP) is 1.45. The molecule has 0 saturated heterocycles. The second-order valence-corrected chi connectivity index (χ2v) is 9.87. The molecular weight excluding hydrogens is 368 g/mol. The third-order valence-electron chi connectivity index (χ3n) is 2.66. The maximum Gasteiger partial charge on any atom is 0.175 e. The third-order valence-corrected chi connectivity index (χ3v) is 5.53. The number of methoxy groups -OCH3 is 1. The van der Waals surface area contributed by atoms with Gasteiger partial charge < -0.3 is 4.74 Å². The molecule has 0 N–H and O–H groups in total. The third kappa shape index (κ3) is 4.83. The summed E-state index contributed by atoms with van der Waals surface area (Å²) in [6.45, 7) is 0.428. The lowest BCUT2D eigenvalue weighted by atomic mass is 10.1. The van der Waals surface area contributed by atoms with Crippen LogP contribution in [0.2, 0.25) is 0 Å². The number of benzene rings is 1. The first-order chi connectivity index (χ1) is 9.05. The van der Waals surface area contributed by atoms with Crippen LogP contribution in [0.5, 0.6) is 0 Å². The van der Waals surface area contributed by atoms with Crippen LogP contribution in [-0.4, -0.2) is 47.9 Å². The Bertz CT molecular complexity index is 680. The summed E-state index contributed by atoms with van der Waals surface area (Å²) in [7, 11) is -5.39. The van der Waals surface area contributed by atoms with E-state index in [0.717, 1.165) is 12.5 Å². The summed E-state index contributed by atoms with van der Waals surface area (Å²) >= 11 is 3.40. The molecule has 0 spiro atoms. The van der Waals surface area contributed by atoms with Gasteiger partial charge in [0.25, 0.3) is 0 Å². The molecule has 1 aromatic carbocycles. The second kappa shape index (κ2) is 6.55. The molecule has 0 amide bonds. The first-order valence-electron chi connectivity index (χ1n) is 5.71. The van der Waals surface area contributed by atoms with Crippen LogP contribution < -0.4 is 0 Å². The maximum absolute atomic E-state index is 11.8. The van der Waals surface area contributed by atoms with Gasteiger partial charge in [0.2, 0.25) is 0 Å². The largest absolute Gasteiger partial charge is 0.384 e. The van der Waals surface area contributed by atoms with E-state index in [1.807, 2.05) is 0 Å². The van der Waals surface area contributed by atoms with Gasteiger partial charge in [0.05, 0.1) is 16.4 Å². The van der Waals surface area contributed by atoms with Crippen molar-refractivity contribution in [2.45, 2.75) is 21.0 Å². The van der Waals surface area contributed by atoms with Crippen LogP contribution in [0, 0.1) is 0 Å². The van der Waals surface area contributed by atoms with Gasteiger partial charge >= 0.3 is 0 Å². The molecule has 0 aliphatic heterocycles. The number of rotatable bonds is 6. The Morgan fingerprint density at radius 2 is 1.75 bits per heavy atom. The normalized spacial score (nSPS) is 14.2. The fraction of sp³-hybridized carbons (Fsp3) is 0.500. The molecule has 1 unspecified atom stereocenters. The molecule has 0 fully saturated rings. The van der Waals surface area contributed by atoms with Crippen molar-refractivity contribution in [2.75, 3.05) is 26.2 Å². The lowest BCUT2D eigenvalue weighted by Gasteiger charge is -2.13. The number of sulfone groups is 2. The minimum atomic E-state index is -3.50. The molecule has 0 bridgehead atoms. The first-order valence-corrected chi connectivity index (χ1v) is 10.4. The van der Waals surface area contributed by atoms with E-state index < -0.39 is 19.7 Å². The zero-order valence-electron chi connectivity index (χ0n) is 11.5. The number of alkyl halides is 1. The average molecular weight is 385 g/mol. The molecule has 114 valence electrons. The number of ether oxygens (including phenoxy) is 1. The Hall–Kier alpha value is -0.440. The molecule has 1 aromatic rings. The SMILES string of the molecule is COCC(Br)Cc1ccc(S(C)(=O)=O)cc1S(C)(=O)=O. The predicted molar refractivity (Wildman–Crippen MR) is 81.0 cm³/mol. The summed E-state index contributed by atoms with van der Waals surface area (Å²) in [6.07, 6.45) is 2.55. The number of hydrogen-bond acceptors (Lipinski definition) is 5. The van der Waals surface area contributed by atoms with Gasteiger partial charge in [-0.15, -0.1) is 0 Å². The monoisotopic (exact) mass is 384 g/mol. The molecule has 5 nitrogen and oxygen atoms in total. The molecule has 1 atom stereocenters. The van der Waals surface area contributed by atoms with Crippen LogP contribution in [0.4, 0.5) is 0 Å². The van der Waals surface area contributed by atoms with Crippen molar-refractivity contribution in [2.24, 2.45) is 0 Å².